The maximum atomic E-state index is 11.6. The average Bonchev–Trinajstić information content (AvgIpc) is 2.29. The number of phenols is 1. The lowest BCUT2D eigenvalue weighted by Crippen LogP contribution is -2.35. The number of likely N-dealkylation sites (N-methyl/N-ethyl adjacent to an activating group) is 1. The van der Waals surface area contributed by atoms with Crippen molar-refractivity contribution in [1.29, 1.82) is 0 Å². The van der Waals surface area contributed by atoms with Crippen molar-refractivity contribution in [2.45, 2.75) is 20.0 Å². The standard InChI is InChI=1S/C12H15NO4/c1-3-13-11(15)8(2)17-12(16)9-6-4-5-7-10(9)14/h4-8,14H,3H2,1-2H3,(H,13,15)/t8-/m0/s1. The second-order valence-corrected chi connectivity index (χ2v) is 3.46. The molecule has 5 heteroatoms. The van der Waals surface area contributed by atoms with E-state index in [0.717, 1.165) is 0 Å². The molecule has 0 heterocycles. The quantitative estimate of drug-likeness (QED) is 0.768. The molecule has 0 fully saturated rings. The number of carbonyl (C=O) groups is 2. The maximum Gasteiger partial charge on any atom is 0.342 e. The lowest BCUT2D eigenvalue weighted by molar-refractivity contribution is -0.128. The molecule has 1 rings (SSSR count). The Kier molecular flexibility index (Phi) is 4.51. The lowest BCUT2D eigenvalue weighted by atomic mass is 10.2. The normalized spacial score (nSPS) is 11.6. The largest absolute Gasteiger partial charge is 0.507 e. The number of esters is 1. The molecule has 1 aromatic carbocycles. The molecule has 0 unspecified atom stereocenters. The first-order chi connectivity index (χ1) is 8.06. The molecule has 0 saturated carbocycles. The topological polar surface area (TPSA) is 75.6 Å². The SMILES string of the molecule is CCNC(=O)[C@H](C)OC(=O)c1ccccc1O. The van der Waals surface area contributed by atoms with Gasteiger partial charge in [-0.05, 0) is 26.0 Å². The molecule has 0 saturated heterocycles. The molecule has 2 N–H and O–H groups in total. The van der Waals surface area contributed by atoms with E-state index < -0.39 is 12.1 Å². The summed E-state index contributed by atoms with van der Waals surface area (Å²) in [6, 6.07) is 6.02. The highest BCUT2D eigenvalue weighted by molar-refractivity contribution is 5.94. The van der Waals surface area contributed by atoms with Crippen LogP contribution >= 0.6 is 0 Å². The summed E-state index contributed by atoms with van der Waals surface area (Å²) >= 11 is 0. The Morgan fingerprint density at radius 2 is 2.06 bits per heavy atom. The average molecular weight is 237 g/mol. The van der Waals surface area contributed by atoms with Crippen molar-refractivity contribution >= 4 is 11.9 Å². The van der Waals surface area contributed by atoms with Gasteiger partial charge in [0.2, 0.25) is 0 Å². The number of amides is 1. The highest BCUT2D eigenvalue weighted by atomic mass is 16.5. The van der Waals surface area contributed by atoms with Crippen LogP contribution in [0.2, 0.25) is 0 Å². The van der Waals surface area contributed by atoms with Gasteiger partial charge >= 0.3 is 5.97 Å². The van der Waals surface area contributed by atoms with Gasteiger partial charge in [0.25, 0.3) is 5.91 Å². The van der Waals surface area contributed by atoms with Crippen molar-refractivity contribution in [3.05, 3.63) is 29.8 Å². The van der Waals surface area contributed by atoms with Crippen molar-refractivity contribution in [3.8, 4) is 5.75 Å². The number of nitrogens with one attached hydrogen (secondary N) is 1. The molecule has 0 radical (unpaired) electrons. The van der Waals surface area contributed by atoms with E-state index in [-0.39, 0.29) is 17.2 Å². The molecular formula is C12H15NO4. The molecule has 0 aromatic heterocycles. The zero-order chi connectivity index (χ0) is 12.8. The van der Waals surface area contributed by atoms with Gasteiger partial charge in [0.1, 0.15) is 11.3 Å². The third-order valence-corrected chi connectivity index (χ3v) is 2.13. The monoisotopic (exact) mass is 237 g/mol. The molecular weight excluding hydrogens is 222 g/mol. The third-order valence-electron chi connectivity index (χ3n) is 2.13. The summed E-state index contributed by atoms with van der Waals surface area (Å²) in [6.07, 6.45) is -0.887. The molecule has 0 aliphatic rings. The molecule has 0 aliphatic carbocycles. The molecule has 0 spiro atoms. The summed E-state index contributed by atoms with van der Waals surface area (Å²) in [4.78, 5) is 23.0. The van der Waals surface area contributed by atoms with Crippen LogP contribution in [0.4, 0.5) is 0 Å². The van der Waals surface area contributed by atoms with E-state index in [9.17, 15) is 14.7 Å². The Labute approximate surface area is 99.4 Å². The van der Waals surface area contributed by atoms with Gasteiger partial charge in [-0.15, -0.1) is 0 Å². The molecule has 0 bridgehead atoms. The molecule has 1 amide bonds. The number of hydrogen-bond acceptors (Lipinski definition) is 4. The first-order valence-electron chi connectivity index (χ1n) is 5.33. The van der Waals surface area contributed by atoms with E-state index in [4.69, 9.17) is 4.74 Å². The van der Waals surface area contributed by atoms with Gasteiger partial charge in [-0.1, -0.05) is 12.1 Å². The lowest BCUT2D eigenvalue weighted by Gasteiger charge is -2.12. The van der Waals surface area contributed by atoms with E-state index in [0.29, 0.717) is 6.54 Å². The number of aromatic hydroxyl groups is 1. The minimum atomic E-state index is -0.887. The van der Waals surface area contributed by atoms with Gasteiger partial charge < -0.3 is 15.2 Å². The summed E-state index contributed by atoms with van der Waals surface area (Å²) in [7, 11) is 0. The third kappa shape index (κ3) is 3.48. The predicted octanol–water partition coefficient (Wildman–Crippen LogP) is 1.07. The van der Waals surface area contributed by atoms with E-state index in [1.54, 1.807) is 19.1 Å². The van der Waals surface area contributed by atoms with Crippen LogP contribution in [0, 0.1) is 0 Å². The van der Waals surface area contributed by atoms with E-state index in [1.165, 1.54) is 19.1 Å². The highest BCUT2D eigenvalue weighted by Crippen LogP contribution is 2.17. The molecule has 1 atom stereocenters. The number of rotatable bonds is 4. The molecule has 17 heavy (non-hydrogen) atoms. The minimum Gasteiger partial charge on any atom is -0.507 e. The van der Waals surface area contributed by atoms with Gasteiger partial charge in [0.15, 0.2) is 6.10 Å². The minimum absolute atomic E-state index is 0.0450. The summed E-state index contributed by atoms with van der Waals surface area (Å²) < 4.78 is 4.92. The zero-order valence-corrected chi connectivity index (χ0v) is 9.77. The summed E-state index contributed by atoms with van der Waals surface area (Å²) in [6.45, 7) is 3.72. The van der Waals surface area contributed by atoms with Gasteiger partial charge in [-0.25, -0.2) is 4.79 Å². The van der Waals surface area contributed by atoms with Gasteiger partial charge in [-0.3, -0.25) is 4.79 Å². The van der Waals surface area contributed by atoms with Crippen LogP contribution in [0.3, 0.4) is 0 Å². The fraction of sp³-hybridized carbons (Fsp3) is 0.333. The van der Waals surface area contributed by atoms with Crippen LogP contribution in [0.15, 0.2) is 24.3 Å². The Balaban J connectivity index is 2.67. The smallest absolute Gasteiger partial charge is 0.342 e. The second-order valence-electron chi connectivity index (χ2n) is 3.46. The predicted molar refractivity (Wildman–Crippen MR) is 61.7 cm³/mol. The Morgan fingerprint density at radius 1 is 1.41 bits per heavy atom. The molecule has 92 valence electrons. The summed E-state index contributed by atoms with van der Waals surface area (Å²) in [5.74, 6) is -1.25. The van der Waals surface area contributed by atoms with Crippen LogP contribution in [0.25, 0.3) is 0 Å². The number of carbonyl (C=O) groups excluding carboxylic acids is 2. The fourth-order valence-electron chi connectivity index (χ4n) is 1.24. The fourth-order valence-corrected chi connectivity index (χ4v) is 1.24. The van der Waals surface area contributed by atoms with Gasteiger partial charge in [-0.2, -0.15) is 0 Å². The van der Waals surface area contributed by atoms with Crippen LogP contribution < -0.4 is 5.32 Å². The maximum absolute atomic E-state index is 11.6. The number of hydrogen-bond donors (Lipinski definition) is 2. The van der Waals surface area contributed by atoms with Crippen LogP contribution in [0.5, 0.6) is 5.75 Å². The number of benzene rings is 1. The van der Waals surface area contributed by atoms with E-state index in [2.05, 4.69) is 5.32 Å². The van der Waals surface area contributed by atoms with Crippen molar-refractivity contribution in [3.63, 3.8) is 0 Å². The zero-order valence-electron chi connectivity index (χ0n) is 9.77. The van der Waals surface area contributed by atoms with E-state index >= 15 is 0 Å². The van der Waals surface area contributed by atoms with Crippen molar-refractivity contribution < 1.29 is 19.4 Å². The Hall–Kier alpha value is -2.04. The number of para-hydroxylation sites is 1. The van der Waals surface area contributed by atoms with Crippen molar-refractivity contribution in [2.75, 3.05) is 6.54 Å². The number of phenolic OH excluding ortho intramolecular Hbond substituents is 1. The molecule has 5 nitrogen and oxygen atoms in total. The first-order valence-corrected chi connectivity index (χ1v) is 5.33. The molecule has 1 aromatic rings. The van der Waals surface area contributed by atoms with Crippen molar-refractivity contribution in [1.82, 2.24) is 5.32 Å². The summed E-state index contributed by atoms with van der Waals surface area (Å²) in [5.41, 5.74) is 0.0450. The second kappa shape index (κ2) is 5.89. The molecule has 0 aliphatic heterocycles. The number of ether oxygens (including phenoxy) is 1. The van der Waals surface area contributed by atoms with Gasteiger partial charge in [0.05, 0.1) is 0 Å². The van der Waals surface area contributed by atoms with Crippen LogP contribution in [0.1, 0.15) is 24.2 Å². The van der Waals surface area contributed by atoms with Crippen LogP contribution in [-0.2, 0) is 9.53 Å². The first kappa shape index (κ1) is 13.0. The highest BCUT2D eigenvalue weighted by Gasteiger charge is 2.19. The van der Waals surface area contributed by atoms with Crippen LogP contribution in [-0.4, -0.2) is 29.6 Å². The Morgan fingerprint density at radius 3 is 2.65 bits per heavy atom. The van der Waals surface area contributed by atoms with Crippen molar-refractivity contribution in [2.24, 2.45) is 0 Å². The van der Waals surface area contributed by atoms with Gasteiger partial charge in [0, 0.05) is 6.54 Å². The Bertz CT molecular complexity index is 417. The van der Waals surface area contributed by atoms with E-state index in [1.807, 2.05) is 0 Å². The summed E-state index contributed by atoms with van der Waals surface area (Å²) in [5, 5.41) is 12.0.